The maximum Gasteiger partial charge on any atom is 0.106 e. The third-order valence-electron chi connectivity index (χ3n) is 3.78. The van der Waals surface area contributed by atoms with Gasteiger partial charge in [0.15, 0.2) is 0 Å². The fraction of sp³-hybridized carbons (Fsp3) is 0.462. The molecule has 0 saturated heterocycles. The van der Waals surface area contributed by atoms with Gasteiger partial charge in [0.1, 0.15) is 5.52 Å². The van der Waals surface area contributed by atoms with Crippen LogP contribution >= 0.6 is 11.3 Å². The second-order valence-electron chi connectivity index (χ2n) is 4.85. The Balaban J connectivity index is 1.86. The van der Waals surface area contributed by atoms with Crippen LogP contribution in [-0.2, 0) is 0 Å². The highest BCUT2D eigenvalue weighted by Crippen LogP contribution is 2.34. The first-order chi connectivity index (χ1) is 8.25. The molecule has 3 nitrogen and oxygen atoms in total. The minimum Gasteiger partial charge on any atom is -0.395 e. The standard InChI is InChI=1S/C13H17N3S/c1-8(9-3-2-4-9)16-10-5-6-11-13(12(10)14)15-7-17-11/h5-9,16H,2-4,14H2,1H3. The lowest BCUT2D eigenvalue weighted by atomic mass is 9.80. The normalized spacial score (nSPS) is 17.9. The number of rotatable bonds is 3. The molecule has 1 aromatic heterocycles. The molecule has 0 bridgehead atoms. The van der Waals surface area contributed by atoms with E-state index in [1.165, 1.54) is 19.3 Å². The SMILES string of the molecule is CC(Nc1ccc2scnc2c1N)C1CCC1. The maximum absolute atomic E-state index is 6.15. The summed E-state index contributed by atoms with van der Waals surface area (Å²) in [4.78, 5) is 4.32. The summed E-state index contributed by atoms with van der Waals surface area (Å²) in [6.45, 7) is 2.24. The van der Waals surface area contributed by atoms with Crippen LogP contribution in [0.5, 0.6) is 0 Å². The number of anilines is 2. The van der Waals surface area contributed by atoms with Crippen LogP contribution in [0.4, 0.5) is 11.4 Å². The molecule has 1 unspecified atom stereocenters. The maximum atomic E-state index is 6.15. The zero-order valence-corrected chi connectivity index (χ0v) is 10.8. The van der Waals surface area contributed by atoms with E-state index in [1.807, 2.05) is 5.51 Å². The van der Waals surface area contributed by atoms with E-state index in [4.69, 9.17) is 5.73 Å². The van der Waals surface area contributed by atoms with Crippen molar-refractivity contribution in [3.8, 4) is 0 Å². The number of hydrogen-bond acceptors (Lipinski definition) is 4. The molecule has 4 heteroatoms. The van der Waals surface area contributed by atoms with Crippen molar-refractivity contribution in [2.24, 2.45) is 5.92 Å². The van der Waals surface area contributed by atoms with Gasteiger partial charge in [-0.15, -0.1) is 11.3 Å². The van der Waals surface area contributed by atoms with Crippen molar-refractivity contribution in [3.05, 3.63) is 17.6 Å². The number of nitrogen functional groups attached to an aromatic ring is 1. The lowest BCUT2D eigenvalue weighted by Gasteiger charge is -2.32. The Bertz CT molecular complexity index is 530. The smallest absolute Gasteiger partial charge is 0.106 e. The average Bonchev–Trinajstić information content (AvgIpc) is 2.68. The molecule has 17 heavy (non-hydrogen) atoms. The number of nitrogens with zero attached hydrogens (tertiary/aromatic N) is 1. The number of benzene rings is 1. The van der Waals surface area contributed by atoms with Crippen molar-refractivity contribution in [2.75, 3.05) is 11.1 Å². The summed E-state index contributed by atoms with van der Waals surface area (Å²) in [7, 11) is 0. The minimum absolute atomic E-state index is 0.502. The number of hydrogen-bond donors (Lipinski definition) is 2. The van der Waals surface area contributed by atoms with Gasteiger partial charge in [-0.05, 0) is 37.8 Å². The van der Waals surface area contributed by atoms with Gasteiger partial charge in [-0.2, -0.15) is 0 Å². The molecular formula is C13H17N3S. The molecule has 1 fully saturated rings. The third kappa shape index (κ3) is 1.86. The molecule has 90 valence electrons. The van der Waals surface area contributed by atoms with Crippen LogP contribution < -0.4 is 11.1 Å². The predicted octanol–water partition coefficient (Wildman–Crippen LogP) is 3.48. The number of aromatic nitrogens is 1. The topological polar surface area (TPSA) is 50.9 Å². The Morgan fingerprint density at radius 3 is 3.00 bits per heavy atom. The van der Waals surface area contributed by atoms with Gasteiger partial charge in [-0.1, -0.05) is 6.42 Å². The van der Waals surface area contributed by atoms with E-state index < -0.39 is 0 Å². The monoisotopic (exact) mass is 247 g/mol. The van der Waals surface area contributed by atoms with Crippen molar-refractivity contribution in [2.45, 2.75) is 32.2 Å². The van der Waals surface area contributed by atoms with E-state index in [0.717, 1.165) is 27.5 Å². The fourth-order valence-corrected chi connectivity index (χ4v) is 3.07. The summed E-state index contributed by atoms with van der Waals surface area (Å²) in [5.41, 5.74) is 10.7. The summed E-state index contributed by atoms with van der Waals surface area (Å²) in [6, 6.07) is 4.67. The Kier molecular flexibility index (Phi) is 2.67. The molecule has 1 aliphatic carbocycles. The van der Waals surface area contributed by atoms with Crippen LogP contribution in [0.15, 0.2) is 17.6 Å². The Morgan fingerprint density at radius 2 is 2.29 bits per heavy atom. The molecule has 1 saturated carbocycles. The summed E-state index contributed by atoms with van der Waals surface area (Å²) in [5, 5.41) is 3.53. The van der Waals surface area contributed by atoms with Crippen molar-refractivity contribution >= 4 is 32.9 Å². The van der Waals surface area contributed by atoms with E-state index in [-0.39, 0.29) is 0 Å². The van der Waals surface area contributed by atoms with E-state index in [0.29, 0.717) is 6.04 Å². The van der Waals surface area contributed by atoms with Crippen LogP contribution in [-0.4, -0.2) is 11.0 Å². The average molecular weight is 247 g/mol. The number of nitrogens with one attached hydrogen (secondary N) is 1. The largest absolute Gasteiger partial charge is 0.395 e. The second kappa shape index (κ2) is 4.18. The van der Waals surface area contributed by atoms with Crippen molar-refractivity contribution in [1.82, 2.24) is 4.98 Å². The van der Waals surface area contributed by atoms with Gasteiger partial charge in [-0.3, -0.25) is 0 Å². The molecule has 0 spiro atoms. The summed E-state index contributed by atoms with van der Waals surface area (Å²) in [5.74, 6) is 0.806. The zero-order valence-electron chi connectivity index (χ0n) is 9.94. The molecular weight excluding hydrogens is 230 g/mol. The first-order valence-electron chi connectivity index (χ1n) is 6.14. The fourth-order valence-electron chi connectivity index (χ4n) is 2.38. The number of thiazole rings is 1. The predicted molar refractivity (Wildman–Crippen MR) is 74.5 cm³/mol. The minimum atomic E-state index is 0.502. The van der Waals surface area contributed by atoms with Crippen molar-refractivity contribution < 1.29 is 0 Å². The van der Waals surface area contributed by atoms with Crippen LogP contribution in [0.25, 0.3) is 10.2 Å². The van der Waals surface area contributed by atoms with Gasteiger partial charge in [0.05, 0.1) is 21.6 Å². The lowest BCUT2D eigenvalue weighted by Crippen LogP contribution is -2.31. The summed E-state index contributed by atoms with van der Waals surface area (Å²) < 4.78 is 1.16. The number of fused-ring (bicyclic) bond motifs is 1. The van der Waals surface area contributed by atoms with E-state index >= 15 is 0 Å². The zero-order chi connectivity index (χ0) is 11.8. The van der Waals surface area contributed by atoms with Crippen molar-refractivity contribution in [1.29, 1.82) is 0 Å². The van der Waals surface area contributed by atoms with Gasteiger partial charge in [0.2, 0.25) is 0 Å². The van der Waals surface area contributed by atoms with Crippen LogP contribution in [0, 0.1) is 5.92 Å². The lowest BCUT2D eigenvalue weighted by molar-refractivity contribution is 0.285. The quantitative estimate of drug-likeness (QED) is 0.816. The van der Waals surface area contributed by atoms with Crippen LogP contribution in [0.1, 0.15) is 26.2 Å². The van der Waals surface area contributed by atoms with Crippen molar-refractivity contribution in [3.63, 3.8) is 0 Å². The highest BCUT2D eigenvalue weighted by molar-refractivity contribution is 7.16. The molecule has 0 radical (unpaired) electrons. The van der Waals surface area contributed by atoms with Gasteiger partial charge in [0, 0.05) is 6.04 Å². The van der Waals surface area contributed by atoms with Gasteiger partial charge >= 0.3 is 0 Å². The molecule has 1 aromatic carbocycles. The first-order valence-corrected chi connectivity index (χ1v) is 7.02. The van der Waals surface area contributed by atoms with Gasteiger partial charge in [0.25, 0.3) is 0 Å². The Morgan fingerprint density at radius 1 is 1.47 bits per heavy atom. The van der Waals surface area contributed by atoms with E-state index in [2.05, 4.69) is 29.4 Å². The van der Waals surface area contributed by atoms with Gasteiger partial charge < -0.3 is 11.1 Å². The van der Waals surface area contributed by atoms with E-state index in [1.54, 1.807) is 11.3 Å². The highest BCUT2D eigenvalue weighted by atomic mass is 32.1. The Hall–Kier alpha value is -1.29. The molecule has 3 N–H and O–H groups in total. The molecule has 0 aliphatic heterocycles. The first kappa shape index (κ1) is 10.8. The Labute approximate surface area is 105 Å². The summed E-state index contributed by atoms with van der Waals surface area (Å²) in [6.07, 6.45) is 4.05. The number of nitrogens with two attached hydrogens (primary N) is 1. The van der Waals surface area contributed by atoms with E-state index in [9.17, 15) is 0 Å². The molecule has 2 aromatic rings. The molecule has 1 atom stereocenters. The summed E-state index contributed by atoms with van der Waals surface area (Å²) >= 11 is 1.63. The third-order valence-corrected chi connectivity index (χ3v) is 4.58. The molecule has 1 aliphatic rings. The van der Waals surface area contributed by atoms with Crippen LogP contribution in [0.3, 0.4) is 0 Å². The molecule has 0 amide bonds. The highest BCUT2D eigenvalue weighted by Gasteiger charge is 2.24. The molecule has 1 heterocycles. The van der Waals surface area contributed by atoms with Crippen LogP contribution in [0.2, 0.25) is 0 Å². The molecule has 3 rings (SSSR count). The second-order valence-corrected chi connectivity index (χ2v) is 5.74. The van der Waals surface area contributed by atoms with Gasteiger partial charge in [-0.25, -0.2) is 4.98 Å².